The zero-order chi connectivity index (χ0) is 28.2. The van der Waals surface area contributed by atoms with E-state index in [0.29, 0.717) is 39.6 Å². The van der Waals surface area contributed by atoms with E-state index in [4.69, 9.17) is 0 Å². The van der Waals surface area contributed by atoms with Crippen LogP contribution in [0.1, 0.15) is 43.1 Å². The fourth-order valence-electron chi connectivity index (χ4n) is 4.70. The number of fused-ring (bicyclic) bond motifs is 1. The van der Waals surface area contributed by atoms with Crippen LogP contribution in [0.5, 0.6) is 0 Å². The van der Waals surface area contributed by atoms with Gasteiger partial charge in [0, 0.05) is 40.5 Å². The number of halogens is 1. The van der Waals surface area contributed by atoms with Gasteiger partial charge in [0.1, 0.15) is 17.2 Å². The van der Waals surface area contributed by atoms with Crippen LogP contribution in [0.15, 0.2) is 92.2 Å². The van der Waals surface area contributed by atoms with E-state index < -0.39 is 5.82 Å². The molecule has 4 aromatic heterocycles. The van der Waals surface area contributed by atoms with Crippen molar-refractivity contribution < 1.29 is 4.39 Å². The molecule has 0 aromatic carbocycles. The van der Waals surface area contributed by atoms with Crippen LogP contribution in [-0.2, 0) is 0 Å². The lowest BCUT2D eigenvalue weighted by Crippen LogP contribution is -2.23. The summed E-state index contributed by atoms with van der Waals surface area (Å²) in [4.78, 5) is 13.3. The highest BCUT2D eigenvalue weighted by molar-refractivity contribution is 5.94. The smallest absolute Gasteiger partial charge is 0.161 e. The Hall–Kier alpha value is -4.85. The van der Waals surface area contributed by atoms with E-state index in [2.05, 4.69) is 55.5 Å². The maximum absolute atomic E-state index is 16.1. The minimum Gasteiger partial charge on any atom is -0.359 e. The summed E-state index contributed by atoms with van der Waals surface area (Å²) in [6.07, 6.45) is 13.8. The Morgan fingerprint density at radius 3 is 2.60 bits per heavy atom. The fraction of sp³-hybridized carbons (Fsp3) is 0.188. The highest BCUT2D eigenvalue weighted by Gasteiger charge is 2.22. The lowest BCUT2D eigenvalue weighted by Gasteiger charge is -2.28. The number of aromatic nitrogens is 5. The van der Waals surface area contributed by atoms with Crippen molar-refractivity contribution in [3.05, 3.63) is 115 Å². The first-order chi connectivity index (χ1) is 19.4. The van der Waals surface area contributed by atoms with Gasteiger partial charge in [-0.1, -0.05) is 38.3 Å². The van der Waals surface area contributed by atoms with Crippen LogP contribution < -0.4 is 10.6 Å². The van der Waals surface area contributed by atoms with Crippen LogP contribution in [0.2, 0.25) is 0 Å². The first-order valence-corrected chi connectivity index (χ1v) is 13.2. The van der Waals surface area contributed by atoms with Gasteiger partial charge in [0.2, 0.25) is 0 Å². The van der Waals surface area contributed by atoms with Crippen LogP contribution in [0.3, 0.4) is 0 Å². The van der Waals surface area contributed by atoms with Gasteiger partial charge in [0.05, 0.1) is 28.5 Å². The average molecular weight is 534 g/mol. The zero-order valence-electron chi connectivity index (χ0n) is 22.8. The Morgan fingerprint density at radius 2 is 1.93 bits per heavy atom. The molecule has 0 saturated heterocycles. The van der Waals surface area contributed by atoms with E-state index in [1.54, 1.807) is 24.7 Å². The van der Waals surface area contributed by atoms with Crippen LogP contribution >= 0.6 is 0 Å². The van der Waals surface area contributed by atoms with Crippen molar-refractivity contribution in [2.24, 2.45) is 5.92 Å². The maximum Gasteiger partial charge on any atom is 0.161 e. The molecule has 1 aliphatic carbocycles. The van der Waals surface area contributed by atoms with Gasteiger partial charge in [-0.15, -0.1) is 0 Å². The minimum atomic E-state index is -0.498. The molecule has 8 heteroatoms. The lowest BCUT2D eigenvalue weighted by molar-refractivity contribution is 0.356. The Bertz CT molecular complexity index is 1660. The second-order valence-corrected chi connectivity index (χ2v) is 9.76. The van der Waals surface area contributed by atoms with Gasteiger partial charge in [0.25, 0.3) is 0 Å². The number of allylic oxidation sites excluding steroid dienone is 5. The summed E-state index contributed by atoms with van der Waals surface area (Å²) < 4.78 is 16.1. The fourth-order valence-corrected chi connectivity index (χ4v) is 4.70. The Morgan fingerprint density at radius 1 is 1.10 bits per heavy atom. The van der Waals surface area contributed by atoms with Crippen LogP contribution in [0.4, 0.5) is 10.2 Å². The monoisotopic (exact) mass is 533 g/mol. The third-order valence-electron chi connectivity index (χ3n) is 7.26. The molecule has 0 aliphatic heterocycles. The number of anilines is 1. The summed E-state index contributed by atoms with van der Waals surface area (Å²) in [6, 6.07) is 7.66. The Kier molecular flexibility index (Phi) is 7.68. The summed E-state index contributed by atoms with van der Waals surface area (Å²) in [6.45, 7) is 16.0. The third kappa shape index (κ3) is 5.20. The molecule has 4 heterocycles. The minimum absolute atomic E-state index is 0.201. The molecule has 1 fully saturated rings. The van der Waals surface area contributed by atoms with E-state index in [1.807, 2.05) is 50.3 Å². The summed E-state index contributed by atoms with van der Waals surface area (Å²) in [5.41, 5.74) is 6.36. The molecule has 4 aromatic rings. The quantitative estimate of drug-likeness (QED) is 0.185. The van der Waals surface area contributed by atoms with Gasteiger partial charge in [-0.2, -0.15) is 5.10 Å². The van der Waals surface area contributed by atoms with Crippen LogP contribution in [-0.4, -0.2) is 25.1 Å². The number of rotatable bonds is 10. The molecule has 1 saturated carbocycles. The van der Waals surface area contributed by atoms with Crippen molar-refractivity contribution in [2.45, 2.75) is 33.1 Å². The SMILES string of the molecule is C=C/C(=C\C(=C/C)c1ncc2[nH]nc(C(=C)Nc3nccc(-c4ccccn4)c3C)c2c1F)NC(=C)C1CCC1. The zero-order valence-corrected chi connectivity index (χ0v) is 22.8. The van der Waals surface area contributed by atoms with Gasteiger partial charge >= 0.3 is 0 Å². The molecule has 0 spiro atoms. The molecule has 1 aliphatic rings. The highest BCUT2D eigenvalue weighted by Crippen LogP contribution is 2.33. The first kappa shape index (κ1) is 26.7. The number of nitrogens with zero attached hydrogens (tertiary/aromatic N) is 4. The topological polar surface area (TPSA) is 91.4 Å². The molecule has 0 amide bonds. The molecular weight excluding hydrogens is 501 g/mol. The second-order valence-electron chi connectivity index (χ2n) is 9.76. The predicted octanol–water partition coefficient (Wildman–Crippen LogP) is 7.32. The molecule has 0 radical (unpaired) electrons. The van der Waals surface area contributed by atoms with Crippen LogP contribution in [0, 0.1) is 18.7 Å². The number of aromatic amines is 1. The molecular formula is C32H32FN7. The summed E-state index contributed by atoms with van der Waals surface area (Å²) in [7, 11) is 0. The van der Waals surface area contributed by atoms with Crippen LogP contribution in [0.25, 0.3) is 33.4 Å². The lowest BCUT2D eigenvalue weighted by atomic mass is 9.83. The predicted molar refractivity (Wildman–Crippen MR) is 160 cm³/mol. The molecule has 5 rings (SSSR count). The van der Waals surface area contributed by atoms with E-state index in [9.17, 15) is 0 Å². The van der Waals surface area contributed by atoms with E-state index in [0.717, 1.165) is 41.1 Å². The summed E-state index contributed by atoms with van der Waals surface area (Å²) in [5.74, 6) is 0.546. The molecule has 7 nitrogen and oxygen atoms in total. The van der Waals surface area contributed by atoms with Crippen molar-refractivity contribution >= 4 is 28.0 Å². The van der Waals surface area contributed by atoms with Crippen molar-refractivity contribution in [1.82, 2.24) is 30.5 Å². The van der Waals surface area contributed by atoms with Crippen molar-refractivity contribution in [2.75, 3.05) is 5.32 Å². The van der Waals surface area contributed by atoms with E-state index in [-0.39, 0.29) is 5.69 Å². The number of hydrogen-bond donors (Lipinski definition) is 3. The molecule has 0 unspecified atom stereocenters. The van der Waals surface area contributed by atoms with Gasteiger partial charge in [-0.05, 0) is 63.0 Å². The molecule has 202 valence electrons. The number of hydrogen-bond acceptors (Lipinski definition) is 6. The van der Waals surface area contributed by atoms with Crippen molar-refractivity contribution in [3.8, 4) is 11.3 Å². The summed E-state index contributed by atoms with van der Waals surface area (Å²) >= 11 is 0. The third-order valence-corrected chi connectivity index (χ3v) is 7.26. The second kappa shape index (κ2) is 11.5. The van der Waals surface area contributed by atoms with Gasteiger partial charge in [0.15, 0.2) is 5.82 Å². The number of nitrogens with one attached hydrogen (secondary N) is 3. The number of pyridine rings is 3. The van der Waals surface area contributed by atoms with E-state index in [1.165, 1.54) is 6.42 Å². The standard InChI is InChI=1S/C32H32FN7/c1-6-22(17-24(7-2)37-20(4)23-11-10-12-23)31-29(33)28-27(18-36-31)39-40-30(28)21(5)38-32-19(3)25(14-16-35-32)26-13-8-9-15-34-26/h6-9,13-18,23,37H,2,4-5,10-12H2,1,3H3,(H,35,38)(H,39,40)/b22-6+,24-17+. The van der Waals surface area contributed by atoms with Gasteiger partial charge in [-0.25, -0.2) is 9.37 Å². The van der Waals surface area contributed by atoms with Gasteiger partial charge in [-0.3, -0.25) is 15.1 Å². The van der Waals surface area contributed by atoms with Crippen molar-refractivity contribution in [1.29, 1.82) is 0 Å². The molecule has 0 bridgehead atoms. The largest absolute Gasteiger partial charge is 0.359 e. The van der Waals surface area contributed by atoms with Crippen molar-refractivity contribution in [3.63, 3.8) is 0 Å². The molecule has 3 N–H and O–H groups in total. The normalized spacial score (nSPS) is 14.1. The van der Waals surface area contributed by atoms with Gasteiger partial charge < -0.3 is 10.6 Å². The Labute approximate surface area is 233 Å². The maximum atomic E-state index is 16.1. The molecule has 40 heavy (non-hydrogen) atoms. The van der Waals surface area contributed by atoms with E-state index >= 15 is 4.39 Å². The molecule has 0 atom stereocenters. The summed E-state index contributed by atoms with van der Waals surface area (Å²) in [5, 5.41) is 14.1. The highest BCUT2D eigenvalue weighted by atomic mass is 19.1. The Balaban J connectivity index is 1.45. The first-order valence-electron chi connectivity index (χ1n) is 13.2. The number of H-pyrrole nitrogens is 1. The average Bonchev–Trinajstić information content (AvgIpc) is 3.37.